The van der Waals surface area contributed by atoms with Crippen LogP contribution in [-0.2, 0) is 0 Å². The number of nitrogens with one attached hydrogen (secondary N) is 3. The van der Waals surface area contributed by atoms with Gasteiger partial charge in [0, 0.05) is 24.8 Å². The van der Waals surface area contributed by atoms with Crippen molar-refractivity contribution in [3.05, 3.63) is 48.3 Å². The lowest BCUT2D eigenvalue weighted by Crippen LogP contribution is -2.32. The van der Waals surface area contributed by atoms with E-state index in [0.717, 1.165) is 17.2 Å². The lowest BCUT2D eigenvalue weighted by atomic mass is 10.2. The van der Waals surface area contributed by atoms with E-state index in [4.69, 9.17) is 9.47 Å². The number of imidazole rings is 1. The quantitative estimate of drug-likeness (QED) is 0.488. The molecule has 0 aliphatic carbocycles. The Morgan fingerprint density at radius 1 is 1.10 bits per heavy atom. The molecule has 0 aliphatic rings. The summed E-state index contributed by atoms with van der Waals surface area (Å²) >= 11 is 0. The van der Waals surface area contributed by atoms with E-state index in [1.807, 2.05) is 24.5 Å². The lowest BCUT2D eigenvalue weighted by Gasteiger charge is -2.14. The molecule has 3 N–H and O–H groups in total. The summed E-state index contributed by atoms with van der Waals surface area (Å²) in [5.41, 5.74) is 2.49. The molecule has 0 saturated carbocycles. The molecule has 0 radical (unpaired) electrons. The van der Waals surface area contributed by atoms with Crippen molar-refractivity contribution < 1.29 is 14.3 Å². The van der Waals surface area contributed by atoms with Crippen molar-refractivity contribution in [2.45, 2.75) is 13.8 Å². The number of methoxy groups -OCH3 is 2. The molecular formula is C20H25N7O3. The second-order valence-electron chi connectivity index (χ2n) is 6.40. The molecule has 10 nitrogen and oxygen atoms in total. The number of urea groups is 1. The minimum absolute atomic E-state index is 0.351. The highest BCUT2D eigenvalue weighted by atomic mass is 16.5. The van der Waals surface area contributed by atoms with Crippen LogP contribution < -0.4 is 25.4 Å². The fourth-order valence-electron chi connectivity index (χ4n) is 2.82. The van der Waals surface area contributed by atoms with Gasteiger partial charge in [0.15, 0.2) is 11.5 Å². The Bertz CT molecular complexity index is 1020. The van der Waals surface area contributed by atoms with E-state index in [9.17, 15) is 4.79 Å². The first kappa shape index (κ1) is 20.9. The minimum Gasteiger partial charge on any atom is -0.493 e. The van der Waals surface area contributed by atoms with Crippen molar-refractivity contribution in [3.63, 3.8) is 0 Å². The number of anilines is 2. The predicted molar refractivity (Wildman–Crippen MR) is 114 cm³/mol. The first-order valence-corrected chi connectivity index (χ1v) is 9.36. The molecule has 0 atom stereocenters. The molecule has 0 bridgehead atoms. The third kappa shape index (κ3) is 4.77. The molecule has 0 spiro atoms. The molecule has 0 unspecified atom stereocenters. The molecule has 2 aromatic heterocycles. The van der Waals surface area contributed by atoms with Crippen LogP contribution in [-0.4, -0.2) is 52.9 Å². The van der Waals surface area contributed by atoms with E-state index in [1.165, 1.54) is 13.4 Å². The summed E-state index contributed by atoms with van der Waals surface area (Å²) < 4.78 is 12.4. The molecule has 3 rings (SSSR count). The predicted octanol–water partition coefficient (Wildman–Crippen LogP) is 2.53. The smallest absolute Gasteiger partial charge is 0.319 e. The molecule has 10 heteroatoms. The Balaban J connectivity index is 1.51. The number of ether oxygens (including phenoxy) is 2. The summed E-state index contributed by atoms with van der Waals surface area (Å²) in [5, 5.41) is 8.71. The van der Waals surface area contributed by atoms with Gasteiger partial charge in [0.25, 0.3) is 0 Å². The summed E-state index contributed by atoms with van der Waals surface area (Å²) in [6.45, 7) is 4.81. The van der Waals surface area contributed by atoms with Crippen LogP contribution in [0.25, 0.3) is 5.82 Å². The SMILES string of the molecule is COc1cccc(NC(=O)NCCNc2cc(-n3cnc(C)c3C)ncn2)c1OC. The highest BCUT2D eigenvalue weighted by Gasteiger charge is 2.12. The molecular weight excluding hydrogens is 386 g/mol. The maximum atomic E-state index is 12.2. The first-order chi connectivity index (χ1) is 14.5. The third-order valence-corrected chi connectivity index (χ3v) is 4.52. The van der Waals surface area contributed by atoms with Crippen LogP contribution in [0.15, 0.2) is 36.9 Å². The number of carbonyl (C=O) groups is 1. The normalized spacial score (nSPS) is 10.4. The third-order valence-electron chi connectivity index (χ3n) is 4.52. The van der Waals surface area contributed by atoms with E-state index in [2.05, 4.69) is 30.9 Å². The van der Waals surface area contributed by atoms with Gasteiger partial charge in [-0.2, -0.15) is 0 Å². The average Bonchev–Trinajstić information content (AvgIpc) is 3.09. The standard InChI is InChI=1S/C20H25N7O3/c1-13-14(2)27(12-25-13)18-10-17(23-11-24-18)21-8-9-22-20(28)26-15-6-5-7-16(29-3)19(15)30-4/h5-7,10-12H,8-9H2,1-4H3,(H,21,23,24)(H2,22,26,28). The summed E-state index contributed by atoms with van der Waals surface area (Å²) in [6, 6.07) is 6.75. The summed E-state index contributed by atoms with van der Waals surface area (Å²) in [7, 11) is 3.06. The summed E-state index contributed by atoms with van der Waals surface area (Å²) in [4.78, 5) is 25.0. The highest BCUT2D eigenvalue weighted by molar-refractivity contribution is 5.91. The van der Waals surface area contributed by atoms with Crippen molar-refractivity contribution in [2.24, 2.45) is 0 Å². The zero-order chi connectivity index (χ0) is 21.5. The molecule has 3 aromatic rings. The maximum absolute atomic E-state index is 12.2. The Morgan fingerprint density at radius 3 is 2.63 bits per heavy atom. The number of rotatable bonds is 8. The van der Waals surface area contributed by atoms with Crippen molar-refractivity contribution in [1.29, 1.82) is 0 Å². The van der Waals surface area contributed by atoms with Crippen LogP contribution in [0.5, 0.6) is 11.5 Å². The topological polar surface area (TPSA) is 115 Å². The van der Waals surface area contributed by atoms with Crippen LogP contribution >= 0.6 is 0 Å². The number of carbonyl (C=O) groups excluding carboxylic acids is 1. The average molecular weight is 411 g/mol. The van der Waals surface area contributed by atoms with Gasteiger partial charge in [-0.3, -0.25) is 4.57 Å². The van der Waals surface area contributed by atoms with Crippen LogP contribution in [0, 0.1) is 13.8 Å². The summed E-state index contributed by atoms with van der Waals surface area (Å²) in [5.74, 6) is 2.38. The molecule has 2 heterocycles. The van der Waals surface area contributed by atoms with E-state index in [1.54, 1.807) is 31.6 Å². The number of hydrogen-bond donors (Lipinski definition) is 3. The number of benzene rings is 1. The molecule has 0 fully saturated rings. The number of nitrogens with zero attached hydrogens (tertiary/aromatic N) is 4. The van der Waals surface area contributed by atoms with Gasteiger partial charge in [-0.15, -0.1) is 0 Å². The van der Waals surface area contributed by atoms with Gasteiger partial charge in [0.1, 0.15) is 24.3 Å². The van der Waals surface area contributed by atoms with Gasteiger partial charge in [-0.1, -0.05) is 6.07 Å². The number of para-hydroxylation sites is 1. The van der Waals surface area contributed by atoms with E-state index in [0.29, 0.717) is 36.1 Å². The fourth-order valence-corrected chi connectivity index (χ4v) is 2.82. The summed E-state index contributed by atoms with van der Waals surface area (Å²) in [6.07, 6.45) is 3.22. The van der Waals surface area contributed by atoms with Crippen LogP contribution in [0.2, 0.25) is 0 Å². The molecule has 0 aliphatic heterocycles. The highest BCUT2D eigenvalue weighted by Crippen LogP contribution is 2.34. The largest absolute Gasteiger partial charge is 0.493 e. The van der Waals surface area contributed by atoms with Crippen LogP contribution in [0.3, 0.4) is 0 Å². The van der Waals surface area contributed by atoms with Gasteiger partial charge in [0.05, 0.1) is 25.6 Å². The van der Waals surface area contributed by atoms with Gasteiger partial charge in [0.2, 0.25) is 0 Å². The monoisotopic (exact) mass is 411 g/mol. The zero-order valence-electron chi connectivity index (χ0n) is 17.4. The van der Waals surface area contributed by atoms with E-state index >= 15 is 0 Å². The number of amides is 2. The second kappa shape index (κ2) is 9.59. The van der Waals surface area contributed by atoms with Crippen molar-refractivity contribution >= 4 is 17.5 Å². The van der Waals surface area contributed by atoms with Crippen molar-refractivity contribution in [1.82, 2.24) is 24.8 Å². The van der Waals surface area contributed by atoms with Crippen LogP contribution in [0.1, 0.15) is 11.4 Å². The van der Waals surface area contributed by atoms with Crippen molar-refractivity contribution in [2.75, 3.05) is 37.9 Å². The molecule has 1 aromatic carbocycles. The first-order valence-electron chi connectivity index (χ1n) is 9.36. The number of aryl methyl sites for hydroxylation is 1. The molecule has 158 valence electrons. The number of hydrogen-bond acceptors (Lipinski definition) is 7. The zero-order valence-corrected chi connectivity index (χ0v) is 17.4. The van der Waals surface area contributed by atoms with Gasteiger partial charge in [-0.05, 0) is 26.0 Å². The van der Waals surface area contributed by atoms with Crippen molar-refractivity contribution in [3.8, 4) is 17.3 Å². The van der Waals surface area contributed by atoms with Gasteiger partial charge >= 0.3 is 6.03 Å². The molecule has 2 amide bonds. The Hall–Kier alpha value is -3.82. The van der Waals surface area contributed by atoms with Crippen LogP contribution in [0.4, 0.5) is 16.3 Å². The Morgan fingerprint density at radius 2 is 1.93 bits per heavy atom. The minimum atomic E-state index is -0.351. The van der Waals surface area contributed by atoms with E-state index in [-0.39, 0.29) is 6.03 Å². The van der Waals surface area contributed by atoms with Gasteiger partial charge in [-0.25, -0.2) is 19.7 Å². The van der Waals surface area contributed by atoms with E-state index < -0.39 is 0 Å². The maximum Gasteiger partial charge on any atom is 0.319 e. The second-order valence-corrected chi connectivity index (χ2v) is 6.40. The molecule has 30 heavy (non-hydrogen) atoms. The lowest BCUT2D eigenvalue weighted by molar-refractivity contribution is 0.252. The Labute approximate surface area is 174 Å². The molecule has 0 saturated heterocycles. The number of aromatic nitrogens is 4. The van der Waals surface area contributed by atoms with Gasteiger partial charge < -0.3 is 25.4 Å². The fraction of sp³-hybridized carbons (Fsp3) is 0.300. The Kier molecular flexibility index (Phi) is 6.68.